The van der Waals surface area contributed by atoms with Gasteiger partial charge in [0.25, 0.3) is 0 Å². The molecule has 2 atom stereocenters. The molecule has 0 bridgehead atoms. The maximum atomic E-state index is 9.80. The summed E-state index contributed by atoms with van der Waals surface area (Å²) >= 11 is 0. The summed E-state index contributed by atoms with van der Waals surface area (Å²) in [4.78, 5) is 4.30. The van der Waals surface area contributed by atoms with Crippen molar-refractivity contribution in [2.24, 2.45) is 5.92 Å². The summed E-state index contributed by atoms with van der Waals surface area (Å²) in [6, 6.07) is 5.99. The fourth-order valence-electron chi connectivity index (χ4n) is 2.21. The number of aromatic nitrogens is 1. The molecule has 0 aliphatic heterocycles. The molecule has 2 nitrogen and oxygen atoms in total. The molecule has 2 rings (SSSR count). The van der Waals surface area contributed by atoms with Crippen molar-refractivity contribution >= 4 is 0 Å². The Morgan fingerprint density at radius 1 is 1.29 bits per heavy atom. The molecule has 1 aliphatic carbocycles. The number of hydrogen-bond acceptors (Lipinski definition) is 2. The highest BCUT2D eigenvalue weighted by atomic mass is 16.3. The number of aliphatic hydroxyl groups is 1. The molecule has 1 heterocycles. The number of rotatable bonds is 2. The van der Waals surface area contributed by atoms with Gasteiger partial charge in [-0.1, -0.05) is 18.9 Å². The van der Waals surface area contributed by atoms with E-state index >= 15 is 0 Å². The summed E-state index contributed by atoms with van der Waals surface area (Å²) in [7, 11) is 0. The number of hydrogen-bond donors (Lipinski definition) is 1. The second-order valence-electron chi connectivity index (χ2n) is 4.14. The van der Waals surface area contributed by atoms with E-state index in [1.165, 1.54) is 12.8 Å². The molecular weight excluding hydrogens is 174 g/mol. The molecule has 0 amide bonds. The summed E-state index contributed by atoms with van der Waals surface area (Å²) in [6.07, 6.45) is 7.21. The molecule has 0 radical (unpaired) electrons. The summed E-state index contributed by atoms with van der Waals surface area (Å²) in [5.41, 5.74) is 1.11. The van der Waals surface area contributed by atoms with Crippen molar-refractivity contribution in [3.05, 3.63) is 30.1 Å². The van der Waals surface area contributed by atoms with E-state index in [9.17, 15) is 5.11 Å². The normalized spacial score (nSPS) is 27.5. The second-order valence-corrected chi connectivity index (χ2v) is 4.14. The van der Waals surface area contributed by atoms with Gasteiger partial charge in [-0.25, -0.2) is 0 Å². The zero-order valence-electron chi connectivity index (χ0n) is 8.39. The lowest BCUT2D eigenvalue weighted by molar-refractivity contribution is 0.0695. The van der Waals surface area contributed by atoms with Crippen molar-refractivity contribution in [1.82, 2.24) is 4.98 Å². The molecule has 0 saturated heterocycles. The fraction of sp³-hybridized carbons (Fsp3) is 0.583. The first-order valence-corrected chi connectivity index (χ1v) is 5.44. The fourth-order valence-corrected chi connectivity index (χ4v) is 2.21. The van der Waals surface area contributed by atoms with E-state index < -0.39 is 0 Å². The molecule has 1 saturated carbocycles. The highest BCUT2D eigenvalue weighted by molar-refractivity contribution is 5.05. The van der Waals surface area contributed by atoms with Crippen molar-refractivity contribution in [3.8, 4) is 0 Å². The third kappa shape index (κ3) is 2.32. The van der Waals surface area contributed by atoms with Gasteiger partial charge < -0.3 is 5.11 Å². The molecular formula is C12H17NO. The molecule has 76 valence electrons. The lowest BCUT2D eigenvalue weighted by Crippen LogP contribution is -2.26. The predicted molar refractivity (Wildman–Crippen MR) is 55.9 cm³/mol. The summed E-state index contributed by atoms with van der Waals surface area (Å²) in [6.45, 7) is 0. The van der Waals surface area contributed by atoms with Crippen LogP contribution in [0.1, 0.15) is 31.4 Å². The molecule has 14 heavy (non-hydrogen) atoms. The highest BCUT2D eigenvalue weighted by Crippen LogP contribution is 2.26. The van der Waals surface area contributed by atoms with E-state index in [2.05, 4.69) is 4.98 Å². The quantitative estimate of drug-likeness (QED) is 0.777. The van der Waals surface area contributed by atoms with Gasteiger partial charge in [-0.2, -0.15) is 0 Å². The first kappa shape index (κ1) is 9.66. The van der Waals surface area contributed by atoms with Gasteiger partial charge in [-0.15, -0.1) is 0 Å². The van der Waals surface area contributed by atoms with Crippen LogP contribution >= 0.6 is 0 Å². The van der Waals surface area contributed by atoms with Crippen LogP contribution < -0.4 is 0 Å². The van der Waals surface area contributed by atoms with E-state index in [0.717, 1.165) is 25.0 Å². The van der Waals surface area contributed by atoms with Gasteiger partial charge in [-0.05, 0) is 37.3 Å². The Balaban J connectivity index is 1.96. The zero-order valence-corrected chi connectivity index (χ0v) is 8.39. The second kappa shape index (κ2) is 4.56. The minimum absolute atomic E-state index is 0.106. The van der Waals surface area contributed by atoms with Gasteiger partial charge in [0.15, 0.2) is 0 Å². The zero-order chi connectivity index (χ0) is 9.80. The Morgan fingerprint density at radius 3 is 2.86 bits per heavy atom. The Morgan fingerprint density at radius 2 is 2.14 bits per heavy atom. The van der Waals surface area contributed by atoms with Gasteiger partial charge in [0, 0.05) is 11.9 Å². The number of pyridine rings is 1. The third-order valence-corrected chi connectivity index (χ3v) is 3.07. The van der Waals surface area contributed by atoms with E-state index in [1.807, 2.05) is 24.4 Å². The molecule has 0 spiro atoms. The first-order chi connectivity index (χ1) is 6.86. The van der Waals surface area contributed by atoms with E-state index in [0.29, 0.717) is 5.92 Å². The average Bonchev–Trinajstić information content (AvgIpc) is 2.23. The Kier molecular flexibility index (Phi) is 3.14. The van der Waals surface area contributed by atoms with Crippen LogP contribution in [0.5, 0.6) is 0 Å². The molecule has 1 aromatic heterocycles. The third-order valence-electron chi connectivity index (χ3n) is 3.07. The van der Waals surface area contributed by atoms with Gasteiger partial charge in [-0.3, -0.25) is 4.98 Å². The summed E-state index contributed by atoms with van der Waals surface area (Å²) < 4.78 is 0. The molecule has 2 heteroatoms. The Labute approximate surface area is 85.0 Å². The highest BCUT2D eigenvalue weighted by Gasteiger charge is 2.23. The van der Waals surface area contributed by atoms with Crippen LogP contribution in [-0.2, 0) is 6.42 Å². The van der Waals surface area contributed by atoms with Crippen molar-refractivity contribution in [2.75, 3.05) is 0 Å². The van der Waals surface area contributed by atoms with Crippen LogP contribution in [0.3, 0.4) is 0 Å². The van der Waals surface area contributed by atoms with E-state index in [1.54, 1.807) is 0 Å². The molecule has 1 aliphatic rings. The molecule has 0 aromatic carbocycles. The van der Waals surface area contributed by atoms with Crippen molar-refractivity contribution in [2.45, 2.75) is 38.2 Å². The molecule has 2 unspecified atom stereocenters. The Bertz CT molecular complexity index is 273. The van der Waals surface area contributed by atoms with Gasteiger partial charge >= 0.3 is 0 Å². The van der Waals surface area contributed by atoms with Gasteiger partial charge in [0.1, 0.15) is 0 Å². The molecule has 1 aromatic rings. The van der Waals surface area contributed by atoms with Crippen LogP contribution in [0.4, 0.5) is 0 Å². The number of aliphatic hydroxyl groups excluding tert-OH is 1. The van der Waals surface area contributed by atoms with Gasteiger partial charge in [0.05, 0.1) is 6.10 Å². The lowest BCUT2D eigenvalue weighted by Gasteiger charge is -2.27. The van der Waals surface area contributed by atoms with Crippen molar-refractivity contribution < 1.29 is 5.11 Å². The first-order valence-electron chi connectivity index (χ1n) is 5.44. The van der Waals surface area contributed by atoms with Crippen LogP contribution in [0.2, 0.25) is 0 Å². The molecule has 1 fully saturated rings. The van der Waals surface area contributed by atoms with E-state index in [4.69, 9.17) is 0 Å². The smallest absolute Gasteiger partial charge is 0.0572 e. The minimum Gasteiger partial charge on any atom is -0.393 e. The number of nitrogens with zero attached hydrogens (tertiary/aromatic N) is 1. The molecule has 1 N–H and O–H groups in total. The SMILES string of the molecule is OC1CCCCC1Cc1ccccn1. The summed E-state index contributed by atoms with van der Waals surface area (Å²) in [5, 5.41) is 9.80. The topological polar surface area (TPSA) is 33.1 Å². The largest absolute Gasteiger partial charge is 0.393 e. The van der Waals surface area contributed by atoms with Crippen LogP contribution in [0.15, 0.2) is 24.4 Å². The van der Waals surface area contributed by atoms with Crippen molar-refractivity contribution in [1.29, 1.82) is 0 Å². The average molecular weight is 191 g/mol. The monoisotopic (exact) mass is 191 g/mol. The maximum absolute atomic E-state index is 9.80. The predicted octanol–water partition coefficient (Wildman–Crippen LogP) is 2.18. The van der Waals surface area contributed by atoms with E-state index in [-0.39, 0.29) is 6.10 Å². The lowest BCUT2D eigenvalue weighted by atomic mass is 9.83. The Hall–Kier alpha value is -0.890. The minimum atomic E-state index is -0.106. The standard InChI is InChI=1S/C12H17NO/c14-12-7-2-1-5-10(12)9-11-6-3-4-8-13-11/h3-4,6,8,10,12,14H,1-2,5,7,9H2. The van der Waals surface area contributed by atoms with Crippen LogP contribution in [-0.4, -0.2) is 16.2 Å². The van der Waals surface area contributed by atoms with Gasteiger partial charge in [0.2, 0.25) is 0 Å². The summed E-state index contributed by atoms with van der Waals surface area (Å²) in [5.74, 6) is 0.429. The van der Waals surface area contributed by atoms with Crippen molar-refractivity contribution in [3.63, 3.8) is 0 Å². The maximum Gasteiger partial charge on any atom is 0.0572 e. The van der Waals surface area contributed by atoms with Crippen LogP contribution in [0.25, 0.3) is 0 Å². The van der Waals surface area contributed by atoms with Crippen LogP contribution in [0, 0.1) is 5.92 Å².